The van der Waals surface area contributed by atoms with Crippen LogP contribution in [0.15, 0.2) is 0 Å². The Morgan fingerprint density at radius 2 is 1.20 bits per heavy atom. The van der Waals surface area contributed by atoms with Gasteiger partial charge in [0.15, 0.2) is 0 Å². The molecule has 1 aliphatic heterocycles. The molecule has 0 aromatic rings. The summed E-state index contributed by atoms with van der Waals surface area (Å²) < 4.78 is 0. The van der Waals surface area contributed by atoms with Crippen molar-refractivity contribution in [2.75, 3.05) is 0 Å². The van der Waals surface area contributed by atoms with Crippen molar-refractivity contribution >= 4 is 8.07 Å². The Morgan fingerprint density at radius 1 is 0.733 bits per heavy atom. The number of hydrogen-bond acceptors (Lipinski definition) is 0. The maximum Gasteiger partial charge on any atom is 0.0535 e. The molecule has 0 aromatic heterocycles. The third kappa shape index (κ3) is 4.71. The Balaban J connectivity index is 2.26. The summed E-state index contributed by atoms with van der Waals surface area (Å²) >= 11 is 0. The van der Waals surface area contributed by atoms with Crippen molar-refractivity contribution in [3.63, 3.8) is 0 Å². The van der Waals surface area contributed by atoms with E-state index in [1.807, 2.05) is 0 Å². The Labute approximate surface area is 97.9 Å². The number of hydrogen-bond donors (Lipinski definition) is 0. The molecule has 1 heterocycles. The number of unbranched alkanes of at least 4 members (excludes halogenated alkanes) is 4. The minimum atomic E-state index is -0.707. The first-order valence-corrected chi connectivity index (χ1v) is 10.2. The van der Waals surface area contributed by atoms with Crippen LogP contribution in [0.2, 0.25) is 24.2 Å². The molecule has 15 heavy (non-hydrogen) atoms. The minimum Gasteiger partial charge on any atom is -0.0654 e. The largest absolute Gasteiger partial charge is 0.0654 e. The monoisotopic (exact) mass is 226 g/mol. The quantitative estimate of drug-likeness (QED) is 0.373. The average molecular weight is 226 g/mol. The topological polar surface area (TPSA) is 0 Å². The van der Waals surface area contributed by atoms with E-state index in [1.54, 1.807) is 49.9 Å². The minimum absolute atomic E-state index is 0.707. The molecule has 0 radical (unpaired) electrons. The first-order valence-electron chi connectivity index (χ1n) is 7.33. The fraction of sp³-hybridized carbons (Fsp3) is 1.00. The van der Waals surface area contributed by atoms with Crippen LogP contribution in [0.3, 0.4) is 0 Å². The first-order chi connectivity index (χ1) is 7.33. The van der Waals surface area contributed by atoms with Gasteiger partial charge in [-0.25, -0.2) is 0 Å². The van der Waals surface area contributed by atoms with Gasteiger partial charge in [0, 0.05) is 0 Å². The second-order valence-electron chi connectivity index (χ2n) is 5.62. The molecule has 1 fully saturated rings. The second kappa shape index (κ2) is 7.48. The van der Waals surface area contributed by atoms with E-state index < -0.39 is 8.07 Å². The van der Waals surface area contributed by atoms with E-state index in [1.165, 1.54) is 25.7 Å². The van der Waals surface area contributed by atoms with E-state index >= 15 is 0 Å². The molecule has 1 rings (SSSR count). The maximum atomic E-state index is 2.33. The van der Waals surface area contributed by atoms with Crippen molar-refractivity contribution in [3.8, 4) is 0 Å². The second-order valence-corrected chi connectivity index (χ2v) is 10.6. The smallest absolute Gasteiger partial charge is 0.0535 e. The predicted octanol–water partition coefficient (Wildman–Crippen LogP) is 5.61. The zero-order valence-electron chi connectivity index (χ0n) is 11.0. The van der Waals surface area contributed by atoms with Crippen LogP contribution < -0.4 is 0 Å². The standard InChI is InChI=1S/C14H30Si/c1-3-5-7-11-15(12-8-6-4-2)13-9-10-14-15/h3-14H2,1-2H3. The molecule has 0 saturated carbocycles. The van der Waals surface area contributed by atoms with Gasteiger partial charge >= 0.3 is 0 Å². The fourth-order valence-corrected chi connectivity index (χ4v) is 8.75. The Morgan fingerprint density at radius 3 is 1.60 bits per heavy atom. The van der Waals surface area contributed by atoms with Gasteiger partial charge in [-0.1, -0.05) is 89.4 Å². The molecule has 0 atom stereocenters. The molecule has 0 aromatic carbocycles. The van der Waals surface area contributed by atoms with Crippen LogP contribution in [0.25, 0.3) is 0 Å². The van der Waals surface area contributed by atoms with Gasteiger partial charge in [-0.15, -0.1) is 0 Å². The third-order valence-corrected chi connectivity index (χ3v) is 9.94. The van der Waals surface area contributed by atoms with Crippen molar-refractivity contribution in [1.82, 2.24) is 0 Å². The third-order valence-electron chi connectivity index (χ3n) is 4.29. The van der Waals surface area contributed by atoms with Crippen LogP contribution in [-0.4, -0.2) is 8.07 Å². The summed E-state index contributed by atoms with van der Waals surface area (Å²) in [5.74, 6) is 0. The molecule has 1 heteroatoms. The van der Waals surface area contributed by atoms with Crippen LogP contribution in [-0.2, 0) is 0 Å². The zero-order valence-corrected chi connectivity index (χ0v) is 12.0. The number of rotatable bonds is 8. The van der Waals surface area contributed by atoms with Crippen molar-refractivity contribution in [3.05, 3.63) is 0 Å². The van der Waals surface area contributed by atoms with Crippen LogP contribution in [0, 0.1) is 0 Å². The summed E-state index contributed by atoms with van der Waals surface area (Å²) in [5, 5.41) is 0. The van der Waals surface area contributed by atoms with Gasteiger partial charge in [0.05, 0.1) is 8.07 Å². The molecule has 0 N–H and O–H groups in total. The SMILES string of the molecule is CCCCC[Si]1(CCCCC)CCCC1. The maximum absolute atomic E-state index is 2.33. The predicted molar refractivity (Wildman–Crippen MR) is 73.3 cm³/mol. The molecule has 1 aliphatic rings. The molecule has 1 saturated heterocycles. The molecule has 0 nitrogen and oxygen atoms in total. The van der Waals surface area contributed by atoms with E-state index in [9.17, 15) is 0 Å². The zero-order chi connectivity index (χ0) is 11.0. The molecule has 90 valence electrons. The van der Waals surface area contributed by atoms with Crippen LogP contribution in [0.4, 0.5) is 0 Å². The van der Waals surface area contributed by atoms with Gasteiger partial charge in [-0.2, -0.15) is 0 Å². The van der Waals surface area contributed by atoms with Gasteiger partial charge in [-0.05, 0) is 0 Å². The van der Waals surface area contributed by atoms with E-state index in [4.69, 9.17) is 0 Å². The molecule has 0 aliphatic carbocycles. The average Bonchev–Trinajstić information content (AvgIpc) is 2.68. The van der Waals surface area contributed by atoms with Gasteiger partial charge in [0.1, 0.15) is 0 Å². The molecule has 0 amide bonds. The lowest BCUT2D eigenvalue weighted by Gasteiger charge is -2.26. The van der Waals surface area contributed by atoms with E-state index in [2.05, 4.69) is 13.8 Å². The molecular weight excluding hydrogens is 196 g/mol. The summed E-state index contributed by atoms with van der Waals surface area (Å²) in [6.07, 6.45) is 12.0. The van der Waals surface area contributed by atoms with Crippen molar-refractivity contribution in [2.24, 2.45) is 0 Å². The van der Waals surface area contributed by atoms with E-state index in [0.717, 1.165) is 0 Å². The Bertz CT molecular complexity index is 135. The van der Waals surface area contributed by atoms with Gasteiger partial charge in [0.2, 0.25) is 0 Å². The van der Waals surface area contributed by atoms with Crippen molar-refractivity contribution < 1.29 is 0 Å². The molecular formula is C14H30Si. The summed E-state index contributed by atoms with van der Waals surface area (Å²) in [6.45, 7) is 4.67. The molecule has 0 bridgehead atoms. The van der Waals surface area contributed by atoms with Crippen LogP contribution in [0.1, 0.15) is 65.2 Å². The normalized spacial score (nSPS) is 19.6. The Hall–Kier alpha value is 0.217. The van der Waals surface area contributed by atoms with E-state index in [0.29, 0.717) is 0 Å². The molecule has 0 spiro atoms. The van der Waals surface area contributed by atoms with Gasteiger partial charge < -0.3 is 0 Å². The fourth-order valence-electron chi connectivity index (χ4n) is 3.25. The Kier molecular flexibility index (Phi) is 6.63. The summed E-state index contributed by atoms with van der Waals surface area (Å²) in [6, 6.07) is 6.70. The van der Waals surface area contributed by atoms with Crippen molar-refractivity contribution in [2.45, 2.75) is 89.4 Å². The highest BCUT2D eigenvalue weighted by Gasteiger charge is 2.34. The highest BCUT2D eigenvalue weighted by atomic mass is 28.3. The molecule has 0 unspecified atom stereocenters. The summed E-state index contributed by atoms with van der Waals surface area (Å²) in [7, 11) is -0.707. The lowest BCUT2D eigenvalue weighted by atomic mass is 10.3. The van der Waals surface area contributed by atoms with Crippen LogP contribution >= 0.6 is 0 Å². The van der Waals surface area contributed by atoms with Gasteiger partial charge in [0.25, 0.3) is 0 Å². The van der Waals surface area contributed by atoms with Crippen molar-refractivity contribution in [1.29, 1.82) is 0 Å². The lowest BCUT2D eigenvalue weighted by molar-refractivity contribution is 0.736. The summed E-state index contributed by atoms with van der Waals surface area (Å²) in [4.78, 5) is 0. The highest BCUT2D eigenvalue weighted by molar-refractivity contribution is 6.80. The van der Waals surface area contributed by atoms with E-state index in [-0.39, 0.29) is 0 Å². The lowest BCUT2D eigenvalue weighted by Crippen LogP contribution is -2.29. The van der Waals surface area contributed by atoms with Crippen LogP contribution in [0.5, 0.6) is 0 Å². The highest BCUT2D eigenvalue weighted by Crippen LogP contribution is 2.39. The summed E-state index contributed by atoms with van der Waals surface area (Å²) in [5.41, 5.74) is 0. The van der Waals surface area contributed by atoms with Gasteiger partial charge in [-0.3, -0.25) is 0 Å². The first kappa shape index (κ1) is 13.3.